The number of nitrogens with zero attached hydrogens (tertiary/aromatic N) is 3. The largest absolute Gasteiger partial charge is 0.378 e. The highest BCUT2D eigenvalue weighted by molar-refractivity contribution is 6.03. The fourth-order valence-corrected chi connectivity index (χ4v) is 4.81. The highest BCUT2D eigenvalue weighted by atomic mass is 16.5. The molecule has 0 N–H and O–H groups in total. The lowest BCUT2D eigenvalue weighted by molar-refractivity contribution is -0.140. The van der Waals surface area contributed by atoms with Crippen molar-refractivity contribution in [3.8, 4) is 0 Å². The van der Waals surface area contributed by atoms with Crippen LogP contribution in [0.4, 0.5) is 0 Å². The van der Waals surface area contributed by atoms with Gasteiger partial charge in [-0.2, -0.15) is 0 Å². The van der Waals surface area contributed by atoms with Crippen LogP contribution < -0.4 is 0 Å². The second-order valence-electron chi connectivity index (χ2n) is 8.03. The summed E-state index contributed by atoms with van der Waals surface area (Å²) in [5.41, 5.74) is 3.79. The summed E-state index contributed by atoms with van der Waals surface area (Å²) in [5.74, 6) is -0.109. The molecule has 0 bridgehead atoms. The van der Waals surface area contributed by atoms with E-state index in [9.17, 15) is 9.59 Å². The summed E-state index contributed by atoms with van der Waals surface area (Å²) >= 11 is 0. The summed E-state index contributed by atoms with van der Waals surface area (Å²) in [6.07, 6.45) is 2.09. The molecule has 1 aromatic heterocycles. The van der Waals surface area contributed by atoms with Crippen molar-refractivity contribution in [2.45, 2.75) is 19.0 Å². The van der Waals surface area contributed by atoms with Gasteiger partial charge in [0.25, 0.3) is 5.91 Å². The van der Waals surface area contributed by atoms with Crippen molar-refractivity contribution < 1.29 is 14.3 Å². The van der Waals surface area contributed by atoms with Gasteiger partial charge in [0.1, 0.15) is 6.04 Å². The van der Waals surface area contributed by atoms with Gasteiger partial charge in [0.2, 0.25) is 5.91 Å². The Morgan fingerprint density at radius 3 is 2.53 bits per heavy atom. The highest BCUT2D eigenvalue weighted by Gasteiger charge is 2.44. The number of amides is 2. The average Bonchev–Trinajstić information content (AvgIpc) is 3.28. The predicted molar refractivity (Wildman–Crippen MR) is 114 cm³/mol. The number of carbonyl (C=O) groups excluding carboxylic acids is 2. The Labute approximate surface area is 175 Å². The molecule has 6 nitrogen and oxygen atoms in total. The molecule has 1 fully saturated rings. The lowest BCUT2D eigenvalue weighted by atomic mass is 9.97. The summed E-state index contributed by atoms with van der Waals surface area (Å²) in [6.45, 7) is 4.06. The van der Waals surface area contributed by atoms with Crippen LogP contribution in [-0.4, -0.2) is 58.5 Å². The van der Waals surface area contributed by atoms with Gasteiger partial charge in [-0.1, -0.05) is 36.4 Å². The van der Waals surface area contributed by atoms with Gasteiger partial charge in [-0.25, -0.2) is 0 Å². The zero-order chi connectivity index (χ0) is 20.8. The fraction of sp³-hybridized carbons (Fsp3) is 0.333. The zero-order valence-corrected chi connectivity index (χ0v) is 17.2. The normalized spacial score (nSPS) is 19.9. The first-order valence-electron chi connectivity index (χ1n) is 10.4. The number of carbonyl (C=O) groups is 2. The van der Waals surface area contributed by atoms with Gasteiger partial charge in [-0.3, -0.25) is 9.59 Å². The number of ether oxygens (including phenoxy) is 1. The Hall–Kier alpha value is -3.12. The second kappa shape index (κ2) is 7.29. The maximum Gasteiger partial charge on any atom is 0.255 e. The van der Waals surface area contributed by atoms with Gasteiger partial charge in [-0.15, -0.1) is 0 Å². The van der Waals surface area contributed by atoms with Crippen LogP contribution in [0.3, 0.4) is 0 Å². The lowest BCUT2D eigenvalue weighted by Crippen LogP contribution is -2.51. The van der Waals surface area contributed by atoms with Crippen molar-refractivity contribution in [1.29, 1.82) is 0 Å². The fourth-order valence-electron chi connectivity index (χ4n) is 4.81. The molecule has 6 heteroatoms. The smallest absolute Gasteiger partial charge is 0.255 e. The molecule has 154 valence electrons. The molecule has 0 spiro atoms. The summed E-state index contributed by atoms with van der Waals surface area (Å²) in [6, 6.07) is 15.1. The van der Waals surface area contributed by atoms with Gasteiger partial charge >= 0.3 is 0 Å². The molecule has 3 heterocycles. The Morgan fingerprint density at radius 1 is 1.03 bits per heavy atom. The SMILES string of the molecule is CC(C(=O)N1CCOCC1)N1C(=O)c2ccccc2C1c1cn(C)c2ccccc12. The van der Waals surface area contributed by atoms with Crippen LogP contribution in [0, 0.1) is 0 Å². The summed E-state index contributed by atoms with van der Waals surface area (Å²) in [5, 5.41) is 1.10. The first-order valence-corrected chi connectivity index (χ1v) is 10.4. The van der Waals surface area contributed by atoms with Crippen molar-refractivity contribution in [1.82, 2.24) is 14.4 Å². The molecular formula is C24H25N3O3. The van der Waals surface area contributed by atoms with E-state index in [1.54, 1.807) is 4.90 Å². The monoisotopic (exact) mass is 403 g/mol. The van der Waals surface area contributed by atoms with Gasteiger partial charge in [0.15, 0.2) is 0 Å². The molecule has 2 unspecified atom stereocenters. The van der Waals surface area contributed by atoms with E-state index in [-0.39, 0.29) is 17.9 Å². The summed E-state index contributed by atoms with van der Waals surface area (Å²) < 4.78 is 7.48. The first-order chi connectivity index (χ1) is 14.6. The Morgan fingerprint density at radius 2 is 1.73 bits per heavy atom. The van der Waals surface area contributed by atoms with E-state index in [1.165, 1.54) is 0 Å². The Bertz CT molecular complexity index is 1130. The number of aryl methyl sites for hydroxylation is 1. The number of para-hydroxylation sites is 1. The van der Waals surface area contributed by atoms with E-state index in [2.05, 4.69) is 22.9 Å². The van der Waals surface area contributed by atoms with E-state index < -0.39 is 6.04 Å². The molecule has 5 rings (SSSR count). The maximum atomic E-state index is 13.5. The van der Waals surface area contributed by atoms with Gasteiger partial charge in [0.05, 0.1) is 19.3 Å². The third-order valence-electron chi connectivity index (χ3n) is 6.32. The number of hydrogen-bond donors (Lipinski definition) is 0. The van der Waals surface area contributed by atoms with Crippen LogP contribution in [0.2, 0.25) is 0 Å². The minimum Gasteiger partial charge on any atom is -0.378 e. The van der Waals surface area contributed by atoms with Crippen molar-refractivity contribution in [3.05, 3.63) is 71.4 Å². The molecule has 30 heavy (non-hydrogen) atoms. The minimum absolute atomic E-state index is 0.0234. The number of hydrogen-bond acceptors (Lipinski definition) is 3. The van der Waals surface area contributed by atoms with Crippen molar-refractivity contribution in [3.63, 3.8) is 0 Å². The molecule has 3 aromatic rings. The average molecular weight is 403 g/mol. The second-order valence-corrected chi connectivity index (χ2v) is 8.03. The van der Waals surface area contributed by atoms with Crippen LogP contribution in [0.5, 0.6) is 0 Å². The lowest BCUT2D eigenvalue weighted by Gasteiger charge is -2.35. The molecule has 0 saturated carbocycles. The molecule has 2 aromatic carbocycles. The molecular weight excluding hydrogens is 378 g/mol. The number of benzene rings is 2. The molecule has 0 aliphatic carbocycles. The van der Waals surface area contributed by atoms with E-state index in [0.717, 1.165) is 22.0 Å². The molecule has 2 aliphatic heterocycles. The van der Waals surface area contributed by atoms with E-state index in [0.29, 0.717) is 31.9 Å². The van der Waals surface area contributed by atoms with Crippen LogP contribution in [0.1, 0.15) is 34.5 Å². The van der Waals surface area contributed by atoms with Crippen LogP contribution in [-0.2, 0) is 16.6 Å². The number of aromatic nitrogens is 1. The Kier molecular flexibility index (Phi) is 4.59. The maximum absolute atomic E-state index is 13.5. The molecule has 2 aliphatic rings. The predicted octanol–water partition coefficient (Wildman–Crippen LogP) is 2.97. The van der Waals surface area contributed by atoms with Gasteiger partial charge in [-0.05, 0) is 24.6 Å². The summed E-state index contributed by atoms with van der Waals surface area (Å²) in [4.78, 5) is 30.4. The van der Waals surface area contributed by atoms with Crippen molar-refractivity contribution in [2.24, 2.45) is 7.05 Å². The first kappa shape index (κ1) is 18.9. The van der Waals surface area contributed by atoms with E-state index in [1.807, 2.05) is 55.3 Å². The van der Waals surface area contributed by atoms with Crippen molar-refractivity contribution >= 4 is 22.7 Å². The van der Waals surface area contributed by atoms with Gasteiger partial charge in [0, 0.05) is 48.4 Å². The van der Waals surface area contributed by atoms with Crippen molar-refractivity contribution in [2.75, 3.05) is 26.3 Å². The van der Waals surface area contributed by atoms with Crippen LogP contribution in [0.15, 0.2) is 54.7 Å². The quantitative estimate of drug-likeness (QED) is 0.676. The third kappa shape index (κ3) is 2.82. The molecule has 0 radical (unpaired) electrons. The third-order valence-corrected chi connectivity index (χ3v) is 6.32. The topological polar surface area (TPSA) is 54.8 Å². The van der Waals surface area contributed by atoms with E-state index in [4.69, 9.17) is 4.74 Å². The van der Waals surface area contributed by atoms with Gasteiger partial charge < -0.3 is 19.1 Å². The molecule has 1 saturated heterocycles. The number of morpholine rings is 1. The number of rotatable bonds is 3. The molecule has 2 amide bonds. The van der Waals surface area contributed by atoms with Crippen LogP contribution in [0.25, 0.3) is 10.9 Å². The standard InChI is InChI=1S/C24H25N3O3/c1-16(23(28)26-11-13-30-14-12-26)27-22(18-8-3-4-9-19(18)24(27)29)20-15-25(2)21-10-6-5-7-17(20)21/h3-10,15-16,22H,11-14H2,1-2H3. The summed E-state index contributed by atoms with van der Waals surface area (Å²) in [7, 11) is 2.02. The van der Waals surface area contributed by atoms with Crippen LogP contribution >= 0.6 is 0 Å². The molecule has 2 atom stereocenters. The van der Waals surface area contributed by atoms with E-state index >= 15 is 0 Å². The highest BCUT2D eigenvalue weighted by Crippen LogP contribution is 2.42. The minimum atomic E-state index is -0.563. The zero-order valence-electron chi connectivity index (χ0n) is 17.2. The number of fused-ring (bicyclic) bond motifs is 2. The Balaban J connectivity index is 1.62.